The van der Waals surface area contributed by atoms with Gasteiger partial charge < -0.3 is 10.8 Å². The van der Waals surface area contributed by atoms with Crippen LogP contribution < -0.4 is 5.73 Å². The first-order valence-electron chi connectivity index (χ1n) is 3.80. The molecule has 0 radical (unpaired) electrons. The van der Waals surface area contributed by atoms with Gasteiger partial charge in [0.15, 0.2) is 0 Å². The van der Waals surface area contributed by atoms with E-state index in [1.54, 1.807) is 12.1 Å². The van der Waals surface area contributed by atoms with Gasteiger partial charge in [0, 0.05) is 10.5 Å². The highest BCUT2D eigenvalue weighted by molar-refractivity contribution is 9.10. The fraction of sp³-hybridized carbons (Fsp3) is 0.222. The van der Waals surface area contributed by atoms with Gasteiger partial charge in [-0.3, -0.25) is 0 Å². The molecule has 1 rings (SSSR count). The van der Waals surface area contributed by atoms with Gasteiger partial charge in [-0.1, -0.05) is 15.9 Å². The number of aromatic carboxylic acids is 1. The number of carboxylic acids is 1. The van der Waals surface area contributed by atoms with Crippen LogP contribution in [0.5, 0.6) is 0 Å². The molecule has 0 aromatic heterocycles. The van der Waals surface area contributed by atoms with Crippen LogP contribution in [0.15, 0.2) is 22.7 Å². The van der Waals surface area contributed by atoms with Gasteiger partial charge in [0.25, 0.3) is 0 Å². The van der Waals surface area contributed by atoms with Crippen molar-refractivity contribution in [1.29, 1.82) is 0 Å². The Bertz CT molecular complexity index is 336. The molecule has 1 atom stereocenters. The summed E-state index contributed by atoms with van der Waals surface area (Å²) in [5.41, 5.74) is 6.70. The molecule has 0 aliphatic heterocycles. The summed E-state index contributed by atoms with van der Waals surface area (Å²) in [6.45, 7) is 1.81. The molecule has 0 amide bonds. The second-order valence-electron chi connectivity index (χ2n) is 2.87. The molecule has 13 heavy (non-hydrogen) atoms. The van der Waals surface area contributed by atoms with E-state index in [1.165, 1.54) is 0 Å². The number of halogens is 1. The van der Waals surface area contributed by atoms with Crippen LogP contribution in [0.1, 0.15) is 28.9 Å². The molecule has 3 nitrogen and oxygen atoms in total. The summed E-state index contributed by atoms with van der Waals surface area (Å²) in [7, 11) is 0. The van der Waals surface area contributed by atoms with Crippen LogP contribution in [-0.4, -0.2) is 11.1 Å². The molecule has 70 valence electrons. The Morgan fingerprint density at radius 1 is 1.54 bits per heavy atom. The van der Waals surface area contributed by atoms with Crippen molar-refractivity contribution in [3.05, 3.63) is 33.8 Å². The van der Waals surface area contributed by atoms with E-state index in [2.05, 4.69) is 15.9 Å². The Morgan fingerprint density at radius 2 is 2.15 bits per heavy atom. The lowest BCUT2D eigenvalue weighted by atomic mass is 10.1. The highest BCUT2D eigenvalue weighted by Gasteiger charge is 2.07. The van der Waals surface area contributed by atoms with E-state index >= 15 is 0 Å². The minimum Gasteiger partial charge on any atom is -0.478 e. The number of carboxylic acid groups (broad SMARTS) is 1. The number of carbonyl (C=O) groups is 1. The summed E-state index contributed by atoms with van der Waals surface area (Å²) >= 11 is 3.23. The quantitative estimate of drug-likeness (QED) is 0.837. The van der Waals surface area contributed by atoms with Crippen molar-refractivity contribution in [2.75, 3.05) is 0 Å². The van der Waals surface area contributed by atoms with Crippen molar-refractivity contribution < 1.29 is 9.90 Å². The highest BCUT2D eigenvalue weighted by Crippen LogP contribution is 2.19. The first kappa shape index (κ1) is 10.2. The third kappa shape index (κ3) is 2.54. The van der Waals surface area contributed by atoms with Gasteiger partial charge in [-0.25, -0.2) is 4.79 Å². The average molecular weight is 244 g/mol. The van der Waals surface area contributed by atoms with Crippen LogP contribution in [0.25, 0.3) is 0 Å². The zero-order chi connectivity index (χ0) is 10.0. The lowest BCUT2D eigenvalue weighted by molar-refractivity contribution is 0.0696. The molecular formula is C9H10BrNO2. The van der Waals surface area contributed by atoms with E-state index in [0.29, 0.717) is 0 Å². The number of benzene rings is 1. The minimum atomic E-state index is -0.941. The summed E-state index contributed by atoms with van der Waals surface area (Å²) in [6, 6.07) is 4.79. The van der Waals surface area contributed by atoms with Gasteiger partial charge in [0.05, 0.1) is 5.56 Å². The van der Waals surface area contributed by atoms with Crippen molar-refractivity contribution in [2.24, 2.45) is 5.73 Å². The SMILES string of the molecule is C[C@@H](N)c1cc(Br)cc(C(=O)O)c1. The number of nitrogens with two attached hydrogens (primary N) is 1. The molecule has 0 spiro atoms. The molecule has 0 unspecified atom stereocenters. The first-order chi connectivity index (χ1) is 6.00. The molecule has 0 saturated carbocycles. The molecule has 0 heterocycles. The van der Waals surface area contributed by atoms with E-state index in [1.807, 2.05) is 13.0 Å². The van der Waals surface area contributed by atoms with Crippen LogP contribution in [0.3, 0.4) is 0 Å². The largest absolute Gasteiger partial charge is 0.478 e. The van der Waals surface area contributed by atoms with Crippen molar-refractivity contribution in [1.82, 2.24) is 0 Å². The average Bonchev–Trinajstić information content (AvgIpc) is 2.03. The maximum atomic E-state index is 10.7. The third-order valence-corrected chi connectivity index (χ3v) is 2.15. The van der Waals surface area contributed by atoms with Crippen molar-refractivity contribution in [3.63, 3.8) is 0 Å². The smallest absolute Gasteiger partial charge is 0.335 e. The number of rotatable bonds is 2. The Labute approximate surface area is 84.7 Å². The van der Waals surface area contributed by atoms with Gasteiger partial charge in [0.2, 0.25) is 0 Å². The molecule has 0 bridgehead atoms. The lowest BCUT2D eigenvalue weighted by Crippen LogP contribution is -2.07. The Balaban J connectivity index is 3.19. The summed E-state index contributed by atoms with van der Waals surface area (Å²) in [6.07, 6.45) is 0. The standard InChI is InChI=1S/C9H10BrNO2/c1-5(11)6-2-7(9(12)13)4-8(10)3-6/h2-5H,11H2,1H3,(H,12,13)/t5-/m1/s1. The van der Waals surface area contributed by atoms with Crippen molar-refractivity contribution in [3.8, 4) is 0 Å². The van der Waals surface area contributed by atoms with E-state index < -0.39 is 5.97 Å². The zero-order valence-electron chi connectivity index (χ0n) is 7.12. The topological polar surface area (TPSA) is 63.3 Å². The molecule has 0 fully saturated rings. The zero-order valence-corrected chi connectivity index (χ0v) is 8.71. The van der Waals surface area contributed by atoms with E-state index in [9.17, 15) is 4.79 Å². The molecule has 0 aliphatic carbocycles. The predicted molar refractivity (Wildman–Crippen MR) is 53.7 cm³/mol. The van der Waals surface area contributed by atoms with Gasteiger partial charge in [-0.05, 0) is 30.7 Å². The second kappa shape index (κ2) is 3.89. The molecule has 4 heteroatoms. The van der Waals surface area contributed by atoms with Crippen LogP contribution in [-0.2, 0) is 0 Å². The number of hydrogen-bond donors (Lipinski definition) is 2. The fourth-order valence-electron chi connectivity index (χ4n) is 0.999. The first-order valence-corrected chi connectivity index (χ1v) is 4.59. The lowest BCUT2D eigenvalue weighted by Gasteiger charge is -2.07. The molecule has 1 aromatic carbocycles. The molecule has 0 saturated heterocycles. The van der Waals surface area contributed by atoms with Crippen molar-refractivity contribution >= 4 is 21.9 Å². The maximum Gasteiger partial charge on any atom is 0.335 e. The van der Waals surface area contributed by atoms with E-state index in [4.69, 9.17) is 10.8 Å². The summed E-state index contributed by atoms with van der Waals surface area (Å²) in [5, 5.41) is 8.75. The van der Waals surface area contributed by atoms with Crippen LogP contribution >= 0.6 is 15.9 Å². The fourth-order valence-corrected chi connectivity index (χ4v) is 1.51. The highest BCUT2D eigenvalue weighted by atomic mass is 79.9. The normalized spacial score (nSPS) is 12.5. The van der Waals surface area contributed by atoms with Crippen molar-refractivity contribution in [2.45, 2.75) is 13.0 Å². The Kier molecular flexibility index (Phi) is 3.06. The van der Waals surface area contributed by atoms with Gasteiger partial charge >= 0.3 is 5.97 Å². The molecule has 3 N–H and O–H groups in total. The monoisotopic (exact) mass is 243 g/mol. The molecule has 1 aromatic rings. The Morgan fingerprint density at radius 3 is 2.62 bits per heavy atom. The van der Waals surface area contributed by atoms with Crippen LogP contribution in [0.4, 0.5) is 0 Å². The van der Waals surface area contributed by atoms with Gasteiger partial charge in [-0.15, -0.1) is 0 Å². The van der Waals surface area contributed by atoms with Crippen LogP contribution in [0.2, 0.25) is 0 Å². The minimum absolute atomic E-state index is 0.157. The van der Waals surface area contributed by atoms with E-state index in [-0.39, 0.29) is 11.6 Å². The van der Waals surface area contributed by atoms with Crippen LogP contribution in [0, 0.1) is 0 Å². The predicted octanol–water partition coefficient (Wildman–Crippen LogP) is 2.17. The van der Waals surface area contributed by atoms with E-state index in [0.717, 1.165) is 10.0 Å². The molecule has 0 aliphatic rings. The van der Waals surface area contributed by atoms with Gasteiger partial charge in [0.1, 0.15) is 0 Å². The third-order valence-electron chi connectivity index (χ3n) is 1.69. The summed E-state index contributed by atoms with van der Waals surface area (Å²) in [4.78, 5) is 10.7. The maximum absolute atomic E-state index is 10.7. The number of hydrogen-bond acceptors (Lipinski definition) is 2. The summed E-state index contributed by atoms with van der Waals surface area (Å²) in [5.74, 6) is -0.941. The Hall–Kier alpha value is -0.870. The second-order valence-corrected chi connectivity index (χ2v) is 3.78. The summed E-state index contributed by atoms with van der Waals surface area (Å²) < 4.78 is 0.736. The molecular weight excluding hydrogens is 234 g/mol. The van der Waals surface area contributed by atoms with Gasteiger partial charge in [-0.2, -0.15) is 0 Å².